The molecular weight excluding hydrogens is 388 g/mol. The maximum absolute atomic E-state index is 12.7. The smallest absolute Gasteiger partial charge is 0.244 e. The van der Waals surface area contributed by atoms with Crippen molar-refractivity contribution in [1.29, 1.82) is 0 Å². The standard InChI is InChI=1S/C21H22N4O3S/c1-27-14-8-9-19(28-2)15(10-14)18-12-29-21(22-18)23-20(26)17-11-16(24-25-17)13-6-4-3-5-7-13/h3-10,12,16-17,24-25H,11H2,1-2H3,(H,22,23,26). The lowest BCUT2D eigenvalue weighted by atomic mass is 10.0. The molecule has 8 heteroatoms. The minimum Gasteiger partial charge on any atom is -0.497 e. The highest BCUT2D eigenvalue weighted by atomic mass is 32.1. The van der Waals surface area contributed by atoms with Gasteiger partial charge < -0.3 is 14.8 Å². The third-order valence-electron chi connectivity index (χ3n) is 4.84. The van der Waals surface area contributed by atoms with Gasteiger partial charge in [0, 0.05) is 17.0 Å². The molecule has 0 bridgehead atoms. The zero-order valence-electron chi connectivity index (χ0n) is 16.1. The summed E-state index contributed by atoms with van der Waals surface area (Å²) < 4.78 is 10.7. The molecule has 1 fully saturated rings. The molecule has 1 amide bonds. The van der Waals surface area contributed by atoms with E-state index < -0.39 is 0 Å². The lowest BCUT2D eigenvalue weighted by Gasteiger charge is -2.09. The first-order chi connectivity index (χ1) is 14.2. The zero-order chi connectivity index (χ0) is 20.2. The van der Waals surface area contributed by atoms with E-state index in [-0.39, 0.29) is 18.0 Å². The molecule has 1 aromatic heterocycles. The number of thiazole rings is 1. The fraction of sp³-hybridized carbons (Fsp3) is 0.238. The highest BCUT2D eigenvalue weighted by molar-refractivity contribution is 7.14. The second-order valence-electron chi connectivity index (χ2n) is 6.63. The molecule has 0 spiro atoms. The largest absolute Gasteiger partial charge is 0.497 e. The molecule has 0 saturated carbocycles. The molecule has 150 valence electrons. The Morgan fingerprint density at radius 2 is 1.97 bits per heavy atom. The Kier molecular flexibility index (Phi) is 5.75. The van der Waals surface area contributed by atoms with Crippen molar-refractivity contribution in [2.24, 2.45) is 0 Å². The fourth-order valence-corrected chi connectivity index (χ4v) is 4.01. The number of hydrazine groups is 1. The van der Waals surface area contributed by atoms with Gasteiger partial charge >= 0.3 is 0 Å². The van der Waals surface area contributed by atoms with E-state index in [0.717, 1.165) is 16.8 Å². The molecule has 2 atom stereocenters. The summed E-state index contributed by atoms with van der Waals surface area (Å²) >= 11 is 1.37. The van der Waals surface area contributed by atoms with E-state index >= 15 is 0 Å². The van der Waals surface area contributed by atoms with Gasteiger partial charge in [-0.3, -0.25) is 4.79 Å². The number of amides is 1. The predicted molar refractivity (Wildman–Crippen MR) is 113 cm³/mol. The first-order valence-electron chi connectivity index (χ1n) is 9.22. The van der Waals surface area contributed by atoms with Gasteiger partial charge in [0.2, 0.25) is 5.91 Å². The summed E-state index contributed by atoms with van der Waals surface area (Å²) in [7, 11) is 3.23. The maximum atomic E-state index is 12.7. The number of anilines is 1. The average Bonchev–Trinajstić information content (AvgIpc) is 3.44. The number of benzene rings is 2. The normalized spacial score (nSPS) is 18.4. The van der Waals surface area contributed by atoms with Crippen LogP contribution in [0.3, 0.4) is 0 Å². The van der Waals surface area contributed by atoms with Gasteiger partial charge in [-0.1, -0.05) is 30.3 Å². The number of hydrogen-bond donors (Lipinski definition) is 3. The van der Waals surface area contributed by atoms with Gasteiger partial charge in [-0.15, -0.1) is 11.3 Å². The second-order valence-corrected chi connectivity index (χ2v) is 7.49. The summed E-state index contributed by atoms with van der Waals surface area (Å²) in [5.74, 6) is 1.29. The molecule has 4 rings (SSSR count). The lowest BCUT2D eigenvalue weighted by molar-refractivity contribution is -0.117. The maximum Gasteiger partial charge on any atom is 0.244 e. The Morgan fingerprint density at radius 1 is 1.14 bits per heavy atom. The number of hydrogen-bond acceptors (Lipinski definition) is 7. The fourth-order valence-electron chi connectivity index (χ4n) is 3.29. The number of nitrogens with zero attached hydrogens (tertiary/aromatic N) is 1. The molecule has 0 radical (unpaired) electrons. The molecule has 2 aromatic carbocycles. The van der Waals surface area contributed by atoms with Crippen LogP contribution in [0.5, 0.6) is 11.5 Å². The van der Waals surface area contributed by atoms with Gasteiger partial charge in [-0.25, -0.2) is 15.8 Å². The van der Waals surface area contributed by atoms with Crippen LogP contribution < -0.4 is 25.6 Å². The number of aromatic nitrogens is 1. The summed E-state index contributed by atoms with van der Waals surface area (Å²) in [6.07, 6.45) is 0.664. The minimum atomic E-state index is -0.334. The second kappa shape index (κ2) is 8.60. The first-order valence-corrected chi connectivity index (χ1v) is 10.1. The number of carbonyl (C=O) groups is 1. The third-order valence-corrected chi connectivity index (χ3v) is 5.60. The predicted octanol–water partition coefficient (Wildman–Crippen LogP) is 3.37. The van der Waals surface area contributed by atoms with Crippen LogP contribution in [0.4, 0.5) is 5.13 Å². The third kappa shape index (κ3) is 4.24. The molecule has 1 aliphatic rings. The van der Waals surface area contributed by atoms with Gasteiger partial charge in [0.15, 0.2) is 5.13 Å². The Balaban J connectivity index is 1.44. The summed E-state index contributed by atoms with van der Waals surface area (Å²) in [4.78, 5) is 17.2. The highest BCUT2D eigenvalue weighted by Gasteiger charge is 2.30. The Hall–Kier alpha value is -2.94. The summed E-state index contributed by atoms with van der Waals surface area (Å²) in [5, 5.41) is 5.34. The van der Waals surface area contributed by atoms with Gasteiger partial charge in [0.25, 0.3) is 0 Å². The first kappa shape index (κ1) is 19.4. The number of ether oxygens (including phenoxy) is 2. The van der Waals surface area contributed by atoms with Crippen molar-refractivity contribution in [2.75, 3.05) is 19.5 Å². The van der Waals surface area contributed by atoms with Crippen LogP contribution in [0.25, 0.3) is 11.3 Å². The topological polar surface area (TPSA) is 84.5 Å². The van der Waals surface area contributed by atoms with Crippen molar-refractivity contribution in [3.05, 3.63) is 59.5 Å². The van der Waals surface area contributed by atoms with E-state index in [4.69, 9.17) is 9.47 Å². The summed E-state index contributed by atoms with van der Waals surface area (Å²) in [5.41, 5.74) is 8.95. The Bertz CT molecular complexity index is 993. The van der Waals surface area contributed by atoms with Crippen LogP contribution in [-0.4, -0.2) is 31.2 Å². The van der Waals surface area contributed by atoms with Crippen LogP contribution in [0.2, 0.25) is 0 Å². The molecule has 1 aliphatic heterocycles. The van der Waals surface area contributed by atoms with Crippen LogP contribution in [0.1, 0.15) is 18.0 Å². The molecule has 1 saturated heterocycles. The summed E-state index contributed by atoms with van der Waals surface area (Å²) in [6, 6.07) is 15.4. The minimum absolute atomic E-state index is 0.0971. The van der Waals surface area contributed by atoms with Crippen molar-refractivity contribution in [3.8, 4) is 22.8 Å². The quantitative estimate of drug-likeness (QED) is 0.578. The molecule has 29 heavy (non-hydrogen) atoms. The van der Waals surface area contributed by atoms with Crippen molar-refractivity contribution < 1.29 is 14.3 Å². The van der Waals surface area contributed by atoms with Crippen LogP contribution in [-0.2, 0) is 4.79 Å². The molecule has 2 unspecified atom stereocenters. The lowest BCUT2D eigenvalue weighted by Crippen LogP contribution is -2.39. The average molecular weight is 410 g/mol. The van der Waals surface area contributed by atoms with Crippen LogP contribution >= 0.6 is 11.3 Å². The Morgan fingerprint density at radius 3 is 2.72 bits per heavy atom. The number of methoxy groups -OCH3 is 2. The molecule has 2 heterocycles. The van der Waals surface area contributed by atoms with Gasteiger partial charge in [0.1, 0.15) is 17.5 Å². The summed E-state index contributed by atoms with van der Waals surface area (Å²) in [6.45, 7) is 0. The SMILES string of the molecule is COc1ccc(OC)c(-c2csc(NC(=O)C3CC(c4ccccc4)NN3)n2)c1. The monoisotopic (exact) mass is 410 g/mol. The number of nitrogens with one attached hydrogen (secondary N) is 3. The zero-order valence-corrected chi connectivity index (χ0v) is 17.0. The van der Waals surface area contributed by atoms with Crippen LogP contribution in [0, 0.1) is 0 Å². The Labute approximate surface area is 173 Å². The highest BCUT2D eigenvalue weighted by Crippen LogP contribution is 2.35. The van der Waals surface area contributed by atoms with Gasteiger partial charge in [-0.2, -0.15) is 0 Å². The van der Waals surface area contributed by atoms with Crippen molar-refractivity contribution >= 4 is 22.4 Å². The molecule has 3 aromatic rings. The van der Waals surface area contributed by atoms with Gasteiger partial charge in [-0.05, 0) is 30.2 Å². The number of carbonyl (C=O) groups excluding carboxylic acids is 1. The van der Waals surface area contributed by atoms with Crippen molar-refractivity contribution in [2.45, 2.75) is 18.5 Å². The van der Waals surface area contributed by atoms with E-state index in [1.165, 1.54) is 11.3 Å². The van der Waals surface area contributed by atoms with E-state index in [1.54, 1.807) is 14.2 Å². The van der Waals surface area contributed by atoms with Crippen molar-refractivity contribution in [3.63, 3.8) is 0 Å². The van der Waals surface area contributed by atoms with E-state index in [9.17, 15) is 4.79 Å². The van der Waals surface area contributed by atoms with Gasteiger partial charge in [0.05, 0.1) is 19.9 Å². The van der Waals surface area contributed by atoms with E-state index in [2.05, 4.69) is 21.2 Å². The molecular formula is C21H22N4O3S. The van der Waals surface area contributed by atoms with Crippen LogP contribution in [0.15, 0.2) is 53.9 Å². The molecule has 3 N–H and O–H groups in total. The molecule has 0 aliphatic carbocycles. The van der Waals surface area contributed by atoms with E-state index in [0.29, 0.717) is 23.1 Å². The number of rotatable bonds is 6. The molecule has 7 nitrogen and oxygen atoms in total. The van der Waals surface area contributed by atoms with Crippen molar-refractivity contribution in [1.82, 2.24) is 15.8 Å². The van der Waals surface area contributed by atoms with E-state index in [1.807, 2.05) is 53.9 Å².